The number of thiophene rings is 1. The van der Waals surface area contributed by atoms with Gasteiger partial charge in [0.25, 0.3) is 0 Å². The van der Waals surface area contributed by atoms with Crippen molar-refractivity contribution in [3.63, 3.8) is 0 Å². The lowest BCUT2D eigenvalue weighted by molar-refractivity contribution is -0.130. The standard InChI is InChI=1S/C16H16O4S/c1-10-6-7-21-15(10)9-12(16(17)18)11-4-5-13(19-2)14(8-11)20-3/h4-9H,1-3H3,(H,17,18)/b12-9-. The summed E-state index contributed by atoms with van der Waals surface area (Å²) in [5.74, 6) is 0.0957. The van der Waals surface area contributed by atoms with Crippen molar-refractivity contribution in [1.29, 1.82) is 0 Å². The number of hydrogen-bond donors (Lipinski definition) is 1. The van der Waals surface area contributed by atoms with Crippen LogP contribution in [0.5, 0.6) is 11.5 Å². The summed E-state index contributed by atoms with van der Waals surface area (Å²) in [6.45, 7) is 1.95. The highest BCUT2D eigenvalue weighted by atomic mass is 32.1. The fourth-order valence-electron chi connectivity index (χ4n) is 1.94. The Kier molecular flexibility index (Phi) is 4.65. The second-order valence-electron chi connectivity index (χ2n) is 4.40. The molecular weight excluding hydrogens is 288 g/mol. The average molecular weight is 304 g/mol. The highest BCUT2D eigenvalue weighted by Crippen LogP contribution is 2.32. The van der Waals surface area contributed by atoms with Crippen LogP contribution < -0.4 is 9.47 Å². The number of ether oxygens (including phenoxy) is 2. The molecule has 4 nitrogen and oxygen atoms in total. The second kappa shape index (κ2) is 6.45. The van der Waals surface area contributed by atoms with Crippen molar-refractivity contribution in [1.82, 2.24) is 0 Å². The molecule has 0 aliphatic rings. The van der Waals surface area contributed by atoms with E-state index in [0.717, 1.165) is 10.4 Å². The average Bonchev–Trinajstić information content (AvgIpc) is 2.89. The van der Waals surface area contributed by atoms with Crippen LogP contribution in [0.2, 0.25) is 0 Å². The molecule has 110 valence electrons. The van der Waals surface area contributed by atoms with Crippen LogP contribution >= 0.6 is 11.3 Å². The van der Waals surface area contributed by atoms with E-state index in [2.05, 4.69) is 0 Å². The topological polar surface area (TPSA) is 55.8 Å². The van der Waals surface area contributed by atoms with Crippen LogP contribution in [0.25, 0.3) is 11.6 Å². The molecule has 0 aliphatic carbocycles. The Hall–Kier alpha value is -2.27. The maximum absolute atomic E-state index is 11.6. The van der Waals surface area contributed by atoms with Gasteiger partial charge in [-0.15, -0.1) is 11.3 Å². The first-order chi connectivity index (χ1) is 10.1. The Morgan fingerprint density at radius 2 is 1.90 bits per heavy atom. The molecule has 0 bridgehead atoms. The molecule has 0 atom stereocenters. The summed E-state index contributed by atoms with van der Waals surface area (Å²) in [4.78, 5) is 12.5. The molecule has 0 amide bonds. The molecule has 2 aromatic rings. The molecule has 21 heavy (non-hydrogen) atoms. The van der Waals surface area contributed by atoms with Gasteiger partial charge in [-0.2, -0.15) is 0 Å². The number of aryl methyl sites for hydroxylation is 1. The molecule has 0 aliphatic heterocycles. The Morgan fingerprint density at radius 3 is 2.43 bits per heavy atom. The normalized spacial score (nSPS) is 11.3. The maximum Gasteiger partial charge on any atom is 0.336 e. The van der Waals surface area contributed by atoms with Crippen molar-refractivity contribution in [2.75, 3.05) is 14.2 Å². The number of carbonyl (C=O) groups is 1. The molecule has 0 radical (unpaired) electrons. The minimum absolute atomic E-state index is 0.224. The molecule has 1 aromatic carbocycles. The third-order valence-corrected chi connectivity index (χ3v) is 4.07. The van der Waals surface area contributed by atoms with Gasteiger partial charge in [0.15, 0.2) is 11.5 Å². The minimum atomic E-state index is -0.977. The zero-order valence-electron chi connectivity index (χ0n) is 12.0. The summed E-state index contributed by atoms with van der Waals surface area (Å²) in [5, 5.41) is 11.4. The molecule has 0 spiro atoms. The lowest BCUT2D eigenvalue weighted by atomic mass is 10.0. The molecule has 0 saturated carbocycles. The predicted octanol–water partition coefficient (Wildman–Crippen LogP) is 3.70. The van der Waals surface area contributed by atoms with Crippen LogP contribution in [0.15, 0.2) is 29.6 Å². The molecule has 1 aromatic heterocycles. The van der Waals surface area contributed by atoms with E-state index in [4.69, 9.17) is 9.47 Å². The molecule has 5 heteroatoms. The number of rotatable bonds is 5. The van der Waals surface area contributed by atoms with Gasteiger partial charge in [-0.1, -0.05) is 6.07 Å². The molecule has 2 rings (SSSR count). The Labute approximate surface area is 127 Å². The highest BCUT2D eigenvalue weighted by Gasteiger charge is 2.14. The van der Waals surface area contributed by atoms with Crippen LogP contribution in [0.4, 0.5) is 0 Å². The first kappa shape index (κ1) is 15.1. The van der Waals surface area contributed by atoms with Crippen molar-refractivity contribution in [2.24, 2.45) is 0 Å². The van der Waals surface area contributed by atoms with Gasteiger partial charge >= 0.3 is 5.97 Å². The van der Waals surface area contributed by atoms with Gasteiger partial charge in [0, 0.05) is 4.88 Å². The quantitative estimate of drug-likeness (QED) is 0.856. The fourth-order valence-corrected chi connectivity index (χ4v) is 2.79. The highest BCUT2D eigenvalue weighted by molar-refractivity contribution is 7.11. The second-order valence-corrected chi connectivity index (χ2v) is 5.35. The molecule has 0 saturated heterocycles. The third kappa shape index (κ3) is 3.25. The molecule has 1 N–H and O–H groups in total. The van der Waals surface area contributed by atoms with E-state index < -0.39 is 5.97 Å². The molecular formula is C16H16O4S. The minimum Gasteiger partial charge on any atom is -0.493 e. The lowest BCUT2D eigenvalue weighted by Crippen LogP contribution is -2.00. The largest absolute Gasteiger partial charge is 0.493 e. The van der Waals surface area contributed by atoms with Gasteiger partial charge < -0.3 is 14.6 Å². The van der Waals surface area contributed by atoms with Crippen molar-refractivity contribution < 1.29 is 19.4 Å². The van der Waals surface area contributed by atoms with Gasteiger partial charge in [0.05, 0.1) is 19.8 Å². The van der Waals surface area contributed by atoms with Gasteiger partial charge in [-0.05, 0) is 47.7 Å². The van der Waals surface area contributed by atoms with E-state index >= 15 is 0 Å². The number of hydrogen-bond acceptors (Lipinski definition) is 4. The predicted molar refractivity (Wildman–Crippen MR) is 84.1 cm³/mol. The molecule has 1 heterocycles. The van der Waals surface area contributed by atoms with Crippen LogP contribution in [0.3, 0.4) is 0 Å². The number of carboxylic acid groups (broad SMARTS) is 1. The summed E-state index contributed by atoms with van der Waals surface area (Å²) in [5.41, 5.74) is 1.86. The number of benzene rings is 1. The van der Waals surface area contributed by atoms with Gasteiger partial charge in [0.1, 0.15) is 0 Å². The van der Waals surface area contributed by atoms with Crippen molar-refractivity contribution in [3.8, 4) is 11.5 Å². The van der Waals surface area contributed by atoms with E-state index in [0.29, 0.717) is 17.1 Å². The fraction of sp³-hybridized carbons (Fsp3) is 0.188. The van der Waals surface area contributed by atoms with Crippen LogP contribution in [-0.4, -0.2) is 25.3 Å². The molecule has 0 fully saturated rings. The first-order valence-electron chi connectivity index (χ1n) is 6.28. The van der Waals surface area contributed by atoms with Gasteiger partial charge in [-0.3, -0.25) is 0 Å². The maximum atomic E-state index is 11.6. The Bertz CT molecular complexity index is 685. The number of methoxy groups -OCH3 is 2. The van der Waals surface area contributed by atoms with Crippen molar-refractivity contribution >= 4 is 29.0 Å². The van der Waals surface area contributed by atoms with Crippen LogP contribution in [-0.2, 0) is 4.79 Å². The number of aliphatic carboxylic acids is 1. The van der Waals surface area contributed by atoms with E-state index in [1.165, 1.54) is 18.4 Å². The first-order valence-corrected chi connectivity index (χ1v) is 7.16. The smallest absolute Gasteiger partial charge is 0.336 e. The van der Waals surface area contributed by atoms with Crippen molar-refractivity contribution in [3.05, 3.63) is 45.6 Å². The lowest BCUT2D eigenvalue weighted by Gasteiger charge is -2.10. The van der Waals surface area contributed by atoms with Gasteiger partial charge in [0.2, 0.25) is 0 Å². The summed E-state index contributed by atoms with van der Waals surface area (Å²) in [6, 6.07) is 7.04. The van der Waals surface area contributed by atoms with E-state index in [9.17, 15) is 9.90 Å². The Morgan fingerprint density at radius 1 is 1.19 bits per heavy atom. The summed E-state index contributed by atoms with van der Waals surface area (Å²) in [7, 11) is 3.07. The van der Waals surface area contributed by atoms with Crippen LogP contribution in [0.1, 0.15) is 16.0 Å². The third-order valence-electron chi connectivity index (χ3n) is 3.10. The van der Waals surface area contributed by atoms with E-state index in [1.54, 1.807) is 31.4 Å². The van der Waals surface area contributed by atoms with Crippen LogP contribution in [0, 0.1) is 6.92 Å². The number of carboxylic acids is 1. The van der Waals surface area contributed by atoms with E-state index in [1.807, 2.05) is 18.4 Å². The van der Waals surface area contributed by atoms with E-state index in [-0.39, 0.29) is 5.57 Å². The zero-order valence-corrected chi connectivity index (χ0v) is 12.9. The summed E-state index contributed by atoms with van der Waals surface area (Å²) in [6.07, 6.45) is 1.68. The summed E-state index contributed by atoms with van der Waals surface area (Å²) < 4.78 is 10.4. The monoisotopic (exact) mass is 304 g/mol. The Balaban J connectivity index is 2.51. The van der Waals surface area contributed by atoms with Crippen molar-refractivity contribution in [2.45, 2.75) is 6.92 Å². The summed E-state index contributed by atoms with van der Waals surface area (Å²) >= 11 is 1.51. The SMILES string of the molecule is COc1ccc(/C(=C/c2sccc2C)C(=O)O)cc1OC. The van der Waals surface area contributed by atoms with Gasteiger partial charge in [-0.25, -0.2) is 4.79 Å². The zero-order chi connectivity index (χ0) is 15.4. The molecule has 0 unspecified atom stereocenters.